The van der Waals surface area contributed by atoms with E-state index in [9.17, 15) is 0 Å². The third-order valence-corrected chi connectivity index (χ3v) is 7.05. The van der Waals surface area contributed by atoms with Crippen LogP contribution in [0.3, 0.4) is 0 Å². The fourth-order valence-corrected chi connectivity index (χ4v) is 4.57. The van der Waals surface area contributed by atoms with Crippen molar-refractivity contribution < 1.29 is 28.9 Å². The van der Waals surface area contributed by atoms with Crippen LogP contribution in [-0.2, 0) is 0 Å². The highest BCUT2D eigenvalue weighted by Gasteiger charge is 2.09. The van der Waals surface area contributed by atoms with Gasteiger partial charge in [-0.1, -0.05) is 66.8 Å². The Balaban J connectivity index is 0.00000102. The van der Waals surface area contributed by atoms with Gasteiger partial charge in [0.25, 0.3) is 0 Å². The Kier molecular flexibility index (Phi) is 12.5. The van der Waals surface area contributed by atoms with Crippen LogP contribution in [0.4, 0.5) is 17.1 Å². The van der Waals surface area contributed by atoms with E-state index < -0.39 is 10.2 Å². The molecule has 0 spiro atoms. The van der Waals surface area contributed by atoms with Crippen molar-refractivity contribution >= 4 is 33.9 Å². The molecule has 3 aromatic rings. The molecule has 1 aliphatic rings. The van der Waals surface area contributed by atoms with Gasteiger partial charge in [0.05, 0.1) is 20.6 Å². The normalized spacial score (nSPS) is 12.4. The van der Waals surface area contributed by atoms with E-state index in [0.29, 0.717) is 0 Å². The lowest BCUT2D eigenvalue weighted by Gasteiger charge is -2.16. The molecule has 9 heteroatoms. The predicted molar refractivity (Wildman–Crippen MR) is 179 cm³/mol. The second-order valence-corrected chi connectivity index (χ2v) is 11.6. The Hall–Kier alpha value is -4.44. The Morgan fingerprint density at radius 1 is 0.622 bits per heavy atom. The predicted octanol–water partition coefficient (Wildman–Crippen LogP) is 3.40. The molecule has 0 saturated carbocycles. The maximum absolute atomic E-state index is 8.60. The van der Waals surface area contributed by atoms with Gasteiger partial charge < -0.3 is 14.7 Å². The summed E-state index contributed by atoms with van der Waals surface area (Å²) in [7, 11) is 9.53. The molecule has 1 N–H and O–H groups in total. The molecule has 1 aliphatic carbocycles. The maximum atomic E-state index is 8.60. The number of anilines is 3. The zero-order valence-corrected chi connectivity index (χ0v) is 27.6. The van der Waals surface area contributed by atoms with Crippen LogP contribution >= 0.6 is 0 Å². The molecule has 0 aliphatic heterocycles. The number of nitrogens with zero attached hydrogens (tertiary/aromatic N) is 4. The van der Waals surface area contributed by atoms with Crippen molar-refractivity contribution in [3.8, 4) is 0 Å². The molecule has 0 saturated heterocycles. The maximum Gasteiger partial charge on any atom is 0.0777 e. The standard InChI is InChI=1S/C36H40N4.ClHO4/c1-37-31-19-11-27(12-20-31)35(28-13-21-32(22-14-28)38(2)3)9-8-10-36(29-15-23-33(24-16-29)39(4)5)30-17-25-34(26-18-30)40(6)7;2-1(3,4)5/h8-26H,1-7H3;(H,2,3,4,5)/b9-8+,35-27?,37-31?;. The zero-order valence-electron chi connectivity index (χ0n) is 26.8. The summed E-state index contributed by atoms with van der Waals surface area (Å²) in [5, 5.41) is 0. The monoisotopic (exact) mass is 628 g/mol. The minimum Gasteiger partial charge on any atom is -0.378 e. The molecular weight excluding hydrogens is 588 g/mol. The molecule has 0 amide bonds. The van der Waals surface area contributed by atoms with Crippen molar-refractivity contribution in [3.05, 3.63) is 138 Å². The molecular formula is C36H41ClN4O4. The van der Waals surface area contributed by atoms with Gasteiger partial charge in [-0.15, -0.1) is 0 Å². The summed E-state index contributed by atoms with van der Waals surface area (Å²) in [6.45, 7) is 0. The highest BCUT2D eigenvalue weighted by atomic mass is 35.7. The summed E-state index contributed by atoms with van der Waals surface area (Å²) >= 11 is 0. The van der Waals surface area contributed by atoms with Crippen molar-refractivity contribution in [1.29, 1.82) is 0 Å². The van der Waals surface area contributed by atoms with Crippen LogP contribution in [0.15, 0.2) is 126 Å². The lowest BCUT2D eigenvalue weighted by atomic mass is 9.94. The van der Waals surface area contributed by atoms with Crippen molar-refractivity contribution in [2.45, 2.75) is 0 Å². The van der Waals surface area contributed by atoms with Gasteiger partial charge in [0.15, 0.2) is 0 Å². The van der Waals surface area contributed by atoms with E-state index in [1.165, 1.54) is 39.3 Å². The highest BCUT2D eigenvalue weighted by molar-refractivity contribution is 6.06. The molecule has 8 nitrogen and oxygen atoms in total. The summed E-state index contributed by atoms with van der Waals surface area (Å²) in [6, 6.07) is 26.2. The molecule has 3 aromatic carbocycles. The summed E-state index contributed by atoms with van der Waals surface area (Å²) in [4.78, 5) is 10.7. The van der Waals surface area contributed by atoms with Crippen LogP contribution in [0.2, 0.25) is 0 Å². The van der Waals surface area contributed by atoms with E-state index in [1.807, 2.05) is 7.05 Å². The van der Waals surface area contributed by atoms with Crippen molar-refractivity contribution in [2.24, 2.45) is 4.99 Å². The Labute approximate surface area is 268 Å². The van der Waals surface area contributed by atoms with Crippen molar-refractivity contribution in [2.75, 3.05) is 64.0 Å². The van der Waals surface area contributed by atoms with E-state index in [1.54, 1.807) is 0 Å². The fraction of sp³-hybridized carbons (Fsp3) is 0.194. The van der Waals surface area contributed by atoms with Gasteiger partial charge in [-0.05, 0) is 82.0 Å². The fourth-order valence-electron chi connectivity index (χ4n) is 4.57. The third kappa shape index (κ3) is 10.9. The summed E-state index contributed by atoms with van der Waals surface area (Å²) in [5.41, 5.74) is 11.5. The Morgan fingerprint density at radius 3 is 1.31 bits per heavy atom. The SMILES string of the molecule is CN=C1C=CC(=C(/C=C/C=C(c2ccc(N(C)C)cc2)c2ccc(N(C)C)cc2)c2ccc(N(C)C)cc2)C=C1.[O-][Cl+3]([O-])([O-])O. The number of allylic oxidation sites excluding steroid dienone is 9. The van der Waals surface area contributed by atoms with Crippen molar-refractivity contribution in [3.63, 3.8) is 0 Å². The molecule has 0 fully saturated rings. The highest BCUT2D eigenvalue weighted by Crippen LogP contribution is 2.29. The molecule has 4 rings (SSSR count). The molecule has 236 valence electrons. The average molecular weight is 629 g/mol. The van der Waals surface area contributed by atoms with Gasteiger partial charge in [0.2, 0.25) is 0 Å². The molecule has 0 atom stereocenters. The second-order valence-electron chi connectivity index (χ2n) is 10.8. The third-order valence-electron chi connectivity index (χ3n) is 7.05. The summed E-state index contributed by atoms with van der Waals surface area (Å²) in [6.07, 6.45) is 15.0. The number of hydrogen-bond acceptors (Lipinski definition) is 8. The van der Waals surface area contributed by atoms with Gasteiger partial charge >= 0.3 is 0 Å². The van der Waals surface area contributed by atoms with E-state index in [4.69, 9.17) is 18.6 Å². The van der Waals surface area contributed by atoms with Crippen LogP contribution in [0.1, 0.15) is 16.7 Å². The lowest BCUT2D eigenvalue weighted by molar-refractivity contribution is -1.92. The van der Waals surface area contributed by atoms with Gasteiger partial charge in [0, 0.05) is 66.4 Å². The Bertz CT molecular complexity index is 1520. The van der Waals surface area contributed by atoms with Crippen LogP contribution in [-0.4, -0.2) is 59.7 Å². The summed E-state index contributed by atoms with van der Waals surface area (Å²) in [5.74, 6) is 0. The minimum atomic E-state index is -4.69. The zero-order chi connectivity index (χ0) is 33.1. The topological polar surface area (TPSA) is 111 Å². The molecule has 0 bridgehead atoms. The van der Waals surface area contributed by atoms with Crippen molar-refractivity contribution in [1.82, 2.24) is 0 Å². The second kappa shape index (κ2) is 16.0. The average Bonchev–Trinajstić information content (AvgIpc) is 3.01. The quantitative estimate of drug-likeness (QED) is 0.381. The number of hydrogen-bond donors (Lipinski definition) is 1. The van der Waals surface area contributed by atoms with Gasteiger partial charge in [-0.2, -0.15) is 14.0 Å². The van der Waals surface area contributed by atoms with E-state index >= 15 is 0 Å². The van der Waals surface area contributed by atoms with Gasteiger partial charge in [-0.3, -0.25) is 4.99 Å². The molecule has 0 radical (unpaired) electrons. The van der Waals surface area contributed by atoms with Crippen LogP contribution in [0.25, 0.3) is 11.1 Å². The first-order chi connectivity index (χ1) is 21.3. The van der Waals surface area contributed by atoms with E-state index in [2.05, 4.69) is 177 Å². The van der Waals surface area contributed by atoms with E-state index in [0.717, 1.165) is 16.9 Å². The van der Waals surface area contributed by atoms with Crippen LogP contribution < -0.4 is 28.7 Å². The van der Waals surface area contributed by atoms with Crippen LogP contribution in [0, 0.1) is 10.2 Å². The molecule has 0 heterocycles. The lowest BCUT2D eigenvalue weighted by Crippen LogP contribution is -2.58. The first kappa shape index (κ1) is 35.0. The van der Waals surface area contributed by atoms with Gasteiger partial charge in [0.1, 0.15) is 0 Å². The number of aliphatic imine (C=N–C) groups is 1. The molecule has 0 unspecified atom stereocenters. The van der Waals surface area contributed by atoms with Crippen LogP contribution in [0.5, 0.6) is 0 Å². The summed E-state index contributed by atoms with van der Waals surface area (Å²) < 4.78 is 32.7. The smallest absolute Gasteiger partial charge is 0.0777 e. The molecule has 45 heavy (non-hydrogen) atoms. The minimum absolute atomic E-state index is 0.972. The first-order valence-corrected chi connectivity index (χ1v) is 15.5. The number of rotatable bonds is 8. The largest absolute Gasteiger partial charge is 0.378 e. The Morgan fingerprint density at radius 2 is 0.978 bits per heavy atom. The van der Waals surface area contributed by atoms with Gasteiger partial charge in [-0.25, -0.2) is 0 Å². The van der Waals surface area contributed by atoms with E-state index in [-0.39, 0.29) is 0 Å². The number of halogens is 1. The first-order valence-electron chi connectivity index (χ1n) is 14.2. The number of benzene rings is 3. The molecule has 0 aromatic heterocycles.